The Morgan fingerprint density at radius 3 is 2.43 bits per heavy atom. The number of rotatable bonds is 4. The Labute approximate surface area is 136 Å². The number of carbonyl (C=O) groups excluding carboxylic acids is 1. The van der Waals surface area contributed by atoms with Crippen LogP contribution in [0.2, 0.25) is 0 Å². The van der Waals surface area contributed by atoms with Crippen molar-refractivity contribution in [3.05, 3.63) is 54.1 Å². The van der Waals surface area contributed by atoms with Crippen molar-refractivity contribution in [3.8, 4) is 0 Å². The van der Waals surface area contributed by atoms with E-state index in [0.29, 0.717) is 24.2 Å². The molecule has 0 atom stereocenters. The number of amides is 1. The molecule has 0 bridgehead atoms. The first-order chi connectivity index (χ1) is 11.0. The van der Waals surface area contributed by atoms with Crippen LogP contribution in [0.3, 0.4) is 0 Å². The third kappa shape index (κ3) is 3.22. The molecule has 23 heavy (non-hydrogen) atoms. The molecule has 1 N–H and O–H groups in total. The van der Waals surface area contributed by atoms with Gasteiger partial charge in [-0.3, -0.25) is 9.52 Å². The lowest BCUT2D eigenvalue weighted by Crippen LogP contribution is -2.24. The molecular weight excluding hydrogens is 312 g/mol. The van der Waals surface area contributed by atoms with Gasteiger partial charge in [0.2, 0.25) is 5.91 Å². The number of carbonyl (C=O) groups is 1. The normalized spacial score (nSPS) is 15.0. The Bertz CT molecular complexity index is 832. The number of nitrogens with one attached hydrogen (secondary N) is 1. The molecule has 6 heteroatoms. The van der Waals surface area contributed by atoms with Gasteiger partial charge in [-0.1, -0.05) is 18.2 Å². The van der Waals surface area contributed by atoms with Crippen LogP contribution in [0.25, 0.3) is 0 Å². The lowest BCUT2D eigenvalue weighted by atomic mass is 10.2. The Kier molecular flexibility index (Phi) is 4.09. The maximum atomic E-state index is 12.5. The number of aryl methyl sites for hydroxylation is 1. The van der Waals surface area contributed by atoms with E-state index in [2.05, 4.69) is 4.72 Å². The molecule has 3 rings (SSSR count). The zero-order valence-corrected chi connectivity index (χ0v) is 13.6. The van der Waals surface area contributed by atoms with E-state index in [9.17, 15) is 13.2 Å². The minimum Gasteiger partial charge on any atom is -0.312 e. The van der Waals surface area contributed by atoms with Gasteiger partial charge in [0.15, 0.2) is 0 Å². The van der Waals surface area contributed by atoms with Gasteiger partial charge >= 0.3 is 0 Å². The van der Waals surface area contributed by atoms with E-state index in [1.54, 1.807) is 54.3 Å². The van der Waals surface area contributed by atoms with Crippen LogP contribution in [-0.4, -0.2) is 20.9 Å². The summed E-state index contributed by atoms with van der Waals surface area (Å²) in [5.41, 5.74) is 1.89. The summed E-state index contributed by atoms with van der Waals surface area (Å²) in [7, 11) is -3.65. The molecule has 0 unspecified atom stereocenters. The SMILES string of the molecule is Cc1cc(N2CCCC2=O)ccc1S(=O)(=O)Nc1ccccc1. The molecule has 1 saturated heterocycles. The Balaban J connectivity index is 1.89. The Morgan fingerprint density at radius 2 is 1.83 bits per heavy atom. The molecule has 1 aliphatic rings. The maximum Gasteiger partial charge on any atom is 0.262 e. The molecule has 1 amide bonds. The Morgan fingerprint density at radius 1 is 1.09 bits per heavy atom. The average Bonchev–Trinajstić information content (AvgIpc) is 2.93. The van der Waals surface area contributed by atoms with Crippen LogP contribution in [0.15, 0.2) is 53.4 Å². The van der Waals surface area contributed by atoms with Gasteiger partial charge in [0.05, 0.1) is 4.90 Å². The summed E-state index contributed by atoms with van der Waals surface area (Å²) in [6, 6.07) is 13.8. The largest absolute Gasteiger partial charge is 0.312 e. The minimum atomic E-state index is -3.65. The fourth-order valence-electron chi connectivity index (χ4n) is 2.74. The first-order valence-corrected chi connectivity index (χ1v) is 8.94. The highest BCUT2D eigenvalue weighted by Crippen LogP contribution is 2.27. The summed E-state index contributed by atoms with van der Waals surface area (Å²) in [5, 5.41) is 0. The molecule has 1 heterocycles. The van der Waals surface area contributed by atoms with Crippen LogP contribution >= 0.6 is 0 Å². The molecule has 2 aromatic rings. The highest BCUT2D eigenvalue weighted by atomic mass is 32.2. The van der Waals surface area contributed by atoms with E-state index in [4.69, 9.17) is 0 Å². The standard InChI is InChI=1S/C17H18N2O3S/c1-13-12-15(19-11-5-8-17(19)20)9-10-16(13)23(21,22)18-14-6-3-2-4-7-14/h2-4,6-7,9-10,12,18H,5,8,11H2,1H3. The van der Waals surface area contributed by atoms with Gasteiger partial charge in [0.25, 0.3) is 10.0 Å². The summed E-state index contributed by atoms with van der Waals surface area (Å²) in [5.74, 6) is 0.0856. The molecule has 2 aromatic carbocycles. The average molecular weight is 330 g/mol. The summed E-state index contributed by atoms with van der Waals surface area (Å²) in [6.07, 6.45) is 1.39. The smallest absolute Gasteiger partial charge is 0.262 e. The van der Waals surface area contributed by atoms with Gasteiger partial charge in [0, 0.05) is 24.3 Å². The Hall–Kier alpha value is -2.34. The second-order valence-corrected chi connectivity index (χ2v) is 7.22. The molecular formula is C17H18N2O3S. The van der Waals surface area contributed by atoms with E-state index < -0.39 is 10.0 Å². The van der Waals surface area contributed by atoms with Gasteiger partial charge < -0.3 is 4.90 Å². The van der Waals surface area contributed by atoms with Crippen LogP contribution in [-0.2, 0) is 14.8 Å². The first-order valence-electron chi connectivity index (χ1n) is 7.46. The number of hydrogen-bond donors (Lipinski definition) is 1. The second-order valence-electron chi connectivity index (χ2n) is 5.57. The van der Waals surface area contributed by atoms with E-state index in [1.165, 1.54) is 0 Å². The van der Waals surface area contributed by atoms with Crippen molar-refractivity contribution in [3.63, 3.8) is 0 Å². The lowest BCUT2D eigenvalue weighted by molar-refractivity contribution is -0.117. The maximum absolute atomic E-state index is 12.5. The van der Waals surface area contributed by atoms with Crippen molar-refractivity contribution in [2.45, 2.75) is 24.7 Å². The number of sulfonamides is 1. The number of benzene rings is 2. The second kappa shape index (κ2) is 6.04. The molecule has 0 spiro atoms. The first kappa shape index (κ1) is 15.6. The van der Waals surface area contributed by atoms with Crippen LogP contribution in [0.1, 0.15) is 18.4 Å². The third-order valence-electron chi connectivity index (χ3n) is 3.86. The molecule has 0 aliphatic carbocycles. The van der Waals surface area contributed by atoms with Crippen molar-refractivity contribution < 1.29 is 13.2 Å². The van der Waals surface area contributed by atoms with Crippen molar-refractivity contribution in [2.24, 2.45) is 0 Å². The fraction of sp³-hybridized carbons (Fsp3) is 0.235. The summed E-state index contributed by atoms with van der Waals surface area (Å²) in [6.45, 7) is 2.43. The monoisotopic (exact) mass is 330 g/mol. The summed E-state index contributed by atoms with van der Waals surface area (Å²) in [4.78, 5) is 13.7. The summed E-state index contributed by atoms with van der Waals surface area (Å²) >= 11 is 0. The number of anilines is 2. The van der Waals surface area contributed by atoms with Crippen LogP contribution < -0.4 is 9.62 Å². The summed E-state index contributed by atoms with van der Waals surface area (Å²) < 4.78 is 27.6. The van der Waals surface area contributed by atoms with E-state index in [-0.39, 0.29) is 10.8 Å². The predicted molar refractivity (Wildman–Crippen MR) is 90.0 cm³/mol. The van der Waals surface area contributed by atoms with Gasteiger partial charge in [-0.2, -0.15) is 0 Å². The number of nitrogens with zero attached hydrogens (tertiary/aromatic N) is 1. The van der Waals surface area contributed by atoms with Crippen LogP contribution in [0.5, 0.6) is 0 Å². The fourth-order valence-corrected chi connectivity index (χ4v) is 4.03. The van der Waals surface area contributed by atoms with Crippen LogP contribution in [0, 0.1) is 6.92 Å². The lowest BCUT2D eigenvalue weighted by Gasteiger charge is -2.18. The number of hydrogen-bond acceptors (Lipinski definition) is 3. The zero-order valence-electron chi connectivity index (χ0n) is 12.8. The highest BCUT2D eigenvalue weighted by molar-refractivity contribution is 7.92. The molecule has 0 radical (unpaired) electrons. The van der Waals surface area contributed by atoms with Crippen LogP contribution in [0.4, 0.5) is 11.4 Å². The third-order valence-corrected chi connectivity index (χ3v) is 5.40. The van der Waals surface area contributed by atoms with Gasteiger partial charge in [0.1, 0.15) is 0 Å². The molecule has 0 aromatic heterocycles. The van der Waals surface area contributed by atoms with Gasteiger partial charge in [-0.25, -0.2) is 8.42 Å². The zero-order chi connectivity index (χ0) is 16.4. The molecule has 120 valence electrons. The molecule has 0 saturated carbocycles. The van der Waals surface area contributed by atoms with Crippen molar-refractivity contribution >= 4 is 27.3 Å². The number of para-hydroxylation sites is 1. The molecule has 5 nitrogen and oxygen atoms in total. The quantitative estimate of drug-likeness (QED) is 0.937. The predicted octanol–water partition coefficient (Wildman–Crippen LogP) is 2.92. The minimum absolute atomic E-state index is 0.0856. The van der Waals surface area contributed by atoms with Crippen molar-refractivity contribution in [1.29, 1.82) is 0 Å². The molecule has 1 fully saturated rings. The van der Waals surface area contributed by atoms with Crippen molar-refractivity contribution in [1.82, 2.24) is 0 Å². The topological polar surface area (TPSA) is 66.5 Å². The molecule has 1 aliphatic heterocycles. The highest BCUT2D eigenvalue weighted by Gasteiger charge is 2.23. The van der Waals surface area contributed by atoms with Crippen molar-refractivity contribution in [2.75, 3.05) is 16.2 Å². The van der Waals surface area contributed by atoms with Gasteiger partial charge in [-0.05, 0) is 49.2 Å². The van der Waals surface area contributed by atoms with Gasteiger partial charge in [-0.15, -0.1) is 0 Å². The van der Waals surface area contributed by atoms with E-state index in [1.807, 2.05) is 6.07 Å². The van der Waals surface area contributed by atoms with E-state index >= 15 is 0 Å². The van der Waals surface area contributed by atoms with E-state index in [0.717, 1.165) is 12.1 Å².